The molecule has 0 N–H and O–H groups in total. The standard InChI is InChI=1S/C21H19FN2O3/c1-12-7-8-14-11-15(22)9-10-18(14)23(12)19(25)13(2)24-20(26)16-5-3-4-6-17(16)21(24)27/h3-6,9-13H,7-8H2,1-2H3/t12-,13+/m1/s1. The number of carbonyl (C=O) groups excluding carboxylic acids is 3. The number of anilines is 1. The van der Waals surface area contributed by atoms with Crippen molar-refractivity contribution < 1.29 is 18.8 Å². The Morgan fingerprint density at radius 2 is 1.74 bits per heavy atom. The zero-order chi connectivity index (χ0) is 19.3. The van der Waals surface area contributed by atoms with E-state index in [9.17, 15) is 18.8 Å². The summed E-state index contributed by atoms with van der Waals surface area (Å²) in [4.78, 5) is 41.3. The summed E-state index contributed by atoms with van der Waals surface area (Å²) in [5.74, 6) is -1.60. The Bertz CT molecular complexity index is 937. The van der Waals surface area contributed by atoms with Crippen LogP contribution >= 0.6 is 0 Å². The number of hydrogen-bond donors (Lipinski definition) is 0. The second-order valence-corrected chi connectivity index (χ2v) is 7.07. The zero-order valence-corrected chi connectivity index (χ0v) is 15.1. The molecule has 0 radical (unpaired) electrons. The van der Waals surface area contributed by atoms with E-state index >= 15 is 0 Å². The second-order valence-electron chi connectivity index (χ2n) is 7.07. The van der Waals surface area contributed by atoms with E-state index < -0.39 is 17.9 Å². The van der Waals surface area contributed by atoms with Gasteiger partial charge in [0.15, 0.2) is 0 Å². The number of aryl methyl sites for hydroxylation is 1. The monoisotopic (exact) mass is 366 g/mol. The minimum atomic E-state index is -0.948. The molecule has 2 aliphatic heterocycles. The zero-order valence-electron chi connectivity index (χ0n) is 15.1. The van der Waals surface area contributed by atoms with Crippen molar-refractivity contribution in [3.8, 4) is 0 Å². The van der Waals surface area contributed by atoms with Crippen LogP contribution < -0.4 is 4.90 Å². The summed E-state index contributed by atoms with van der Waals surface area (Å²) < 4.78 is 13.6. The number of imide groups is 1. The fraction of sp³-hybridized carbons (Fsp3) is 0.286. The third-order valence-corrected chi connectivity index (χ3v) is 5.38. The minimum absolute atomic E-state index is 0.104. The van der Waals surface area contributed by atoms with Crippen LogP contribution in [0.5, 0.6) is 0 Å². The lowest BCUT2D eigenvalue weighted by atomic mass is 9.95. The van der Waals surface area contributed by atoms with Crippen molar-refractivity contribution in [3.63, 3.8) is 0 Å². The van der Waals surface area contributed by atoms with Crippen LogP contribution in [0.2, 0.25) is 0 Å². The Labute approximate surface area is 156 Å². The molecule has 3 amide bonds. The molecule has 2 heterocycles. The van der Waals surface area contributed by atoms with Crippen molar-refractivity contribution in [1.29, 1.82) is 0 Å². The fourth-order valence-electron chi connectivity index (χ4n) is 3.93. The smallest absolute Gasteiger partial charge is 0.262 e. The summed E-state index contributed by atoms with van der Waals surface area (Å²) in [6.45, 7) is 3.48. The van der Waals surface area contributed by atoms with E-state index in [-0.39, 0.29) is 17.8 Å². The number of amides is 3. The second kappa shape index (κ2) is 6.30. The maximum Gasteiger partial charge on any atom is 0.262 e. The van der Waals surface area contributed by atoms with Crippen LogP contribution in [-0.4, -0.2) is 34.7 Å². The summed E-state index contributed by atoms with van der Waals surface area (Å²) in [7, 11) is 0. The lowest BCUT2D eigenvalue weighted by molar-refractivity contribution is -0.122. The van der Waals surface area contributed by atoms with Crippen LogP contribution in [0.1, 0.15) is 46.5 Å². The van der Waals surface area contributed by atoms with Gasteiger partial charge in [0.05, 0.1) is 11.1 Å². The minimum Gasteiger partial charge on any atom is -0.308 e. The Kier molecular flexibility index (Phi) is 4.06. The van der Waals surface area contributed by atoms with Gasteiger partial charge in [0.2, 0.25) is 5.91 Å². The lowest BCUT2D eigenvalue weighted by Gasteiger charge is -2.38. The van der Waals surface area contributed by atoms with Crippen LogP contribution in [0.3, 0.4) is 0 Å². The van der Waals surface area contributed by atoms with Gasteiger partial charge in [-0.2, -0.15) is 0 Å². The van der Waals surface area contributed by atoms with E-state index in [1.54, 1.807) is 42.2 Å². The van der Waals surface area contributed by atoms with Crippen molar-refractivity contribution in [2.24, 2.45) is 0 Å². The molecule has 2 aliphatic rings. The number of nitrogens with zero attached hydrogens (tertiary/aromatic N) is 2. The van der Waals surface area contributed by atoms with E-state index in [0.29, 0.717) is 29.7 Å². The third kappa shape index (κ3) is 2.63. The van der Waals surface area contributed by atoms with Crippen molar-refractivity contribution in [3.05, 3.63) is 65.0 Å². The summed E-state index contributed by atoms with van der Waals surface area (Å²) in [5, 5.41) is 0. The molecule has 0 saturated carbocycles. The molecule has 0 bridgehead atoms. The molecule has 0 saturated heterocycles. The first-order valence-electron chi connectivity index (χ1n) is 8.98. The highest BCUT2D eigenvalue weighted by molar-refractivity contribution is 6.23. The van der Waals surface area contributed by atoms with Crippen molar-refractivity contribution in [2.45, 2.75) is 38.8 Å². The van der Waals surface area contributed by atoms with E-state index in [0.717, 1.165) is 10.5 Å². The van der Waals surface area contributed by atoms with E-state index in [2.05, 4.69) is 0 Å². The van der Waals surface area contributed by atoms with Crippen LogP contribution in [-0.2, 0) is 11.2 Å². The van der Waals surface area contributed by atoms with Crippen molar-refractivity contribution in [2.75, 3.05) is 4.90 Å². The molecule has 27 heavy (non-hydrogen) atoms. The highest BCUT2D eigenvalue weighted by atomic mass is 19.1. The Hall–Kier alpha value is -3.02. The van der Waals surface area contributed by atoms with Crippen molar-refractivity contribution >= 4 is 23.4 Å². The number of hydrogen-bond acceptors (Lipinski definition) is 3. The van der Waals surface area contributed by atoms with E-state index in [1.165, 1.54) is 12.1 Å². The maximum atomic E-state index is 13.6. The van der Waals surface area contributed by atoms with Crippen LogP contribution in [0.4, 0.5) is 10.1 Å². The molecule has 2 aromatic rings. The third-order valence-electron chi connectivity index (χ3n) is 5.38. The fourth-order valence-corrected chi connectivity index (χ4v) is 3.93. The van der Waals surface area contributed by atoms with E-state index in [1.807, 2.05) is 6.92 Å². The predicted molar refractivity (Wildman–Crippen MR) is 98.1 cm³/mol. The number of fused-ring (bicyclic) bond motifs is 2. The van der Waals surface area contributed by atoms with Gasteiger partial charge in [-0.05, 0) is 62.6 Å². The average molecular weight is 366 g/mol. The topological polar surface area (TPSA) is 57.7 Å². The highest BCUT2D eigenvalue weighted by Gasteiger charge is 2.43. The molecule has 0 spiro atoms. The summed E-state index contributed by atoms with van der Waals surface area (Å²) in [6, 6.07) is 9.87. The van der Waals surface area contributed by atoms with Gasteiger partial charge < -0.3 is 4.90 Å². The first-order valence-corrected chi connectivity index (χ1v) is 8.98. The van der Waals surface area contributed by atoms with Gasteiger partial charge in [0.1, 0.15) is 11.9 Å². The van der Waals surface area contributed by atoms with Crippen molar-refractivity contribution in [1.82, 2.24) is 4.90 Å². The number of benzene rings is 2. The molecule has 138 valence electrons. The molecule has 6 heteroatoms. The molecule has 2 aromatic carbocycles. The van der Waals surface area contributed by atoms with Gasteiger partial charge in [-0.3, -0.25) is 19.3 Å². The van der Waals surface area contributed by atoms with Crippen LogP contribution in [0.25, 0.3) is 0 Å². The van der Waals surface area contributed by atoms with Gasteiger partial charge in [-0.15, -0.1) is 0 Å². The molecule has 0 fully saturated rings. The van der Waals surface area contributed by atoms with Crippen LogP contribution in [0.15, 0.2) is 42.5 Å². The summed E-state index contributed by atoms with van der Waals surface area (Å²) in [6.07, 6.45) is 1.37. The van der Waals surface area contributed by atoms with Crippen LogP contribution in [0, 0.1) is 5.82 Å². The lowest BCUT2D eigenvalue weighted by Crippen LogP contribution is -2.53. The quantitative estimate of drug-likeness (QED) is 0.767. The molecular formula is C21H19FN2O3. The van der Waals surface area contributed by atoms with Gasteiger partial charge in [-0.1, -0.05) is 12.1 Å². The van der Waals surface area contributed by atoms with Gasteiger partial charge >= 0.3 is 0 Å². The van der Waals surface area contributed by atoms with E-state index in [4.69, 9.17) is 0 Å². The molecule has 0 aromatic heterocycles. The summed E-state index contributed by atoms with van der Waals surface area (Å²) >= 11 is 0. The molecule has 0 aliphatic carbocycles. The number of rotatable bonds is 2. The SMILES string of the molecule is C[C@@H]1CCc2cc(F)ccc2N1C(=O)[C@H](C)N1C(=O)c2ccccc2C1=O. The predicted octanol–water partition coefficient (Wildman–Crippen LogP) is 3.18. The normalized spacial score (nSPS) is 19.7. The largest absolute Gasteiger partial charge is 0.308 e. The number of carbonyl (C=O) groups is 3. The summed E-state index contributed by atoms with van der Waals surface area (Å²) in [5.41, 5.74) is 2.03. The first kappa shape index (κ1) is 17.4. The number of halogens is 1. The molecule has 2 atom stereocenters. The Morgan fingerprint density at radius 1 is 1.11 bits per heavy atom. The molecule has 4 rings (SSSR count). The Morgan fingerprint density at radius 3 is 2.37 bits per heavy atom. The highest BCUT2D eigenvalue weighted by Crippen LogP contribution is 2.33. The molecular weight excluding hydrogens is 347 g/mol. The Balaban J connectivity index is 1.68. The van der Waals surface area contributed by atoms with Gasteiger partial charge in [0, 0.05) is 11.7 Å². The van der Waals surface area contributed by atoms with Gasteiger partial charge in [0.25, 0.3) is 11.8 Å². The maximum absolute atomic E-state index is 13.6. The molecule has 0 unspecified atom stereocenters. The average Bonchev–Trinajstić information content (AvgIpc) is 2.92. The molecule has 5 nitrogen and oxygen atoms in total. The van der Waals surface area contributed by atoms with Gasteiger partial charge in [-0.25, -0.2) is 4.39 Å². The first-order chi connectivity index (χ1) is 12.9.